The fourth-order valence-electron chi connectivity index (χ4n) is 1.45. The van der Waals surface area contributed by atoms with Gasteiger partial charge in [-0.2, -0.15) is 0 Å². The molecule has 0 bridgehead atoms. The Hall–Kier alpha value is -1.16. The van der Waals surface area contributed by atoms with E-state index in [1.165, 1.54) is 6.07 Å². The molecule has 5 heteroatoms. The van der Waals surface area contributed by atoms with Crippen LogP contribution in [-0.4, -0.2) is 4.98 Å². The standard InChI is InChI=1S/C12H11FN2.2ClH/c13-12-7-9(8-14)1-2-11(12)10-3-5-15-6-4-10;;/h1-7H,8,14H2;2*1H. The lowest BCUT2D eigenvalue weighted by Gasteiger charge is -2.04. The van der Waals surface area contributed by atoms with Crippen LogP contribution in [0.1, 0.15) is 5.56 Å². The van der Waals surface area contributed by atoms with Crippen molar-refractivity contribution in [3.8, 4) is 11.1 Å². The molecular weight excluding hydrogens is 262 g/mol. The summed E-state index contributed by atoms with van der Waals surface area (Å²) in [6, 6.07) is 8.60. The van der Waals surface area contributed by atoms with Gasteiger partial charge in [0, 0.05) is 24.5 Å². The topological polar surface area (TPSA) is 38.9 Å². The maximum Gasteiger partial charge on any atom is 0.131 e. The van der Waals surface area contributed by atoms with E-state index in [2.05, 4.69) is 4.98 Å². The summed E-state index contributed by atoms with van der Waals surface area (Å²) in [6.07, 6.45) is 3.29. The van der Waals surface area contributed by atoms with E-state index >= 15 is 0 Å². The Balaban J connectivity index is 0.00000128. The number of hydrogen-bond donors (Lipinski definition) is 1. The van der Waals surface area contributed by atoms with Crippen LogP contribution in [0, 0.1) is 5.82 Å². The molecule has 0 aliphatic carbocycles. The number of nitrogens with zero attached hydrogens (tertiary/aromatic N) is 1. The summed E-state index contributed by atoms with van der Waals surface area (Å²) in [5, 5.41) is 0. The van der Waals surface area contributed by atoms with Crippen LogP contribution < -0.4 is 5.73 Å². The molecule has 92 valence electrons. The van der Waals surface area contributed by atoms with Crippen molar-refractivity contribution >= 4 is 24.8 Å². The monoisotopic (exact) mass is 274 g/mol. The predicted octanol–water partition coefficient (Wildman–Crippen LogP) is 3.19. The molecule has 0 aliphatic rings. The predicted molar refractivity (Wildman–Crippen MR) is 72.0 cm³/mol. The zero-order valence-electron chi connectivity index (χ0n) is 8.97. The molecule has 1 aromatic carbocycles. The van der Waals surface area contributed by atoms with Crippen LogP contribution in [-0.2, 0) is 6.54 Å². The summed E-state index contributed by atoms with van der Waals surface area (Å²) in [6.45, 7) is 0.355. The molecule has 17 heavy (non-hydrogen) atoms. The van der Waals surface area contributed by atoms with Crippen LogP contribution in [0.3, 0.4) is 0 Å². The second kappa shape index (κ2) is 7.22. The van der Waals surface area contributed by atoms with E-state index in [1.54, 1.807) is 30.6 Å². The third-order valence-corrected chi connectivity index (χ3v) is 2.26. The van der Waals surface area contributed by atoms with Crippen LogP contribution >= 0.6 is 24.8 Å². The van der Waals surface area contributed by atoms with Gasteiger partial charge in [0.25, 0.3) is 0 Å². The highest BCUT2D eigenvalue weighted by molar-refractivity contribution is 5.85. The van der Waals surface area contributed by atoms with Crippen molar-refractivity contribution in [3.63, 3.8) is 0 Å². The maximum atomic E-state index is 13.6. The van der Waals surface area contributed by atoms with E-state index in [1.807, 2.05) is 6.07 Å². The fourth-order valence-corrected chi connectivity index (χ4v) is 1.45. The average molecular weight is 275 g/mol. The second-order valence-electron chi connectivity index (χ2n) is 3.25. The summed E-state index contributed by atoms with van der Waals surface area (Å²) in [5.74, 6) is -0.246. The van der Waals surface area contributed by atoms with Crippen molar-refractivity contribution in [3.05, 3.63) is 54.1 Å². The van der Waals surface area contributed by atoms with Gasteiger partial charge in [-0.3, -0.25) is 4.98 Å². The summed E-state index contributed by atoms with van der Waals surface area (Å²) in [4.78, 5) is 3.89. The molecular formula is C12H13Cl2FN2. The van der Waals surface area contributed by atoms with Gasteiger partial charge < -0.3 is 5.73 Å². The number of aromatic nitrogens is 1. The molecule has 1 heterocycles. The normalized spacial score (nSPS) is 9.06. The largest absolute Gasteiger partial charge is 0.326 e. The Morgan fingerprint density at radius 2 is 1.71 bits per heavy atom. The van der Waals surface area contributed by atoms with E-state index in [0.29, 0.717) is 12.1 Å². The quantitative estimate of drug-likeness (QED) is 0.914. The lowest BCUT2D eigenvalue weighted by molar-refractivity contribution is 0.629. The molecule has 0 saturated carbocycles. The minimum absolute atomic E-state index is 0. The Bertz CT molecular complexity index is 463. The van der Waals surface area contributed by atoms with E-state index < -0.39 is 0 Å². The molecule has 0 atom stereocenters. The first-order valence-electron chi connectivity index (χ1n) is 4.70. The minimum atomic E-state index is -0.246. The van der Waals surface area contributed by atoms with Gasteiger partial charge in [-0.1, -0.05) is 12.1 Å². The number of hydrogen-bond acceptors (Lipinski definition) is 2. The van der Waals surface area contributed by atoms with Gasteiger partial charge in [0.15, 0.2) is 0 Å². The van der Waals surface area contributed by atoms with Crippen LogP contribution in [0.15, 0.2) is 42.7 Å². The molecule has 0 amide bonds. The van der Waals surface area contributed by atoms with Crippen LogP contribution in [0.4, 0.5) is 4.39 Å². The first-order chi connectivity index (χ1) is 7.31. The van der Waals surface area contributed by atoms with Gasteiger partial charge in [0.1, 0.15) is 5.82 Å². The van der Waals surface area contributed by atoms with Crippen molar-refractivity contribution in [2.45, 2.75) is 6.54 Å². The highest BCUT2D eigenvalue weighted by Crippen LogP contribution is 2.22. The Kier molecular flexibility index (Phi) is 6.73. The van der Waals surface area contributed by atoms with Crippen LogP contribution in [0.2, 0.25) is 0 Å². The minimum Gasteiger partial charge on any atom is -0.326 e. The zero-order valence-corrected chi connectivity index (χ0v) is 10.6. The number of nitrogens with two attached hydrogens (primary N) is 1. The molecule has 2 rings (SSSR count). The Morgan fingerprint density at radius 1 is 1.06 bits per heavy atom. The molecule has 2 nitrogen and oxygen atoms in total. The summed E-state index contributed by atoms with van der Waals surface area (Å²) >= 11 is 0. The molecule has 0 spiro atoms. The number of rotatable bonds is 2. The Morgan fingerprint density at radius 3 is 2.24 bits per heavy atom. The van der Waals surface area contributed by atoms with Gasteiger partial charge in [-0.15, -0.1) is 24.8 Å². The van der Waals surface area contributed by atoms with Crippen molar-refractivity contribution in [1.29, 1.82) is 0 Å². The van der Waals surface area contributed by atoms with E-state index in [9.17, 15) is 4.39 Å². The molecule has 2 aromatic rings. The summed E-state index contributed by atoms with van der Waals surface area (Å²) in [7, 11) is 0. The highest BCUT2D eigenvalue weighted by atomic mass is 35.5. The van der Waals surface area contributed by atoms with Crippen molar-refractivity contribution in [2.24, 2.45) is 5.73 Å². The van der Waals surface area contributed by atoms with Gasteiger partial charge >= 0.3 is 0 Å². The van der Waals surface area contributed by atoms with Gasteiger partial charge in [-0.25, -0.2) is 4.39 Å². The second-order valence-corrected chi connectivity index (χ2v) is 3.25. The first-order valence-corrected chi connectivity index (χ1v) is 4.70. The molecule has 0 saturated heterocycles. The number of benzene rings is 1. The summed E-state index contributed by atoms with van der Waals surface area (Å²) in [5.41, 5.74) is 7.63. The maximum absolute atomic E-state index is 13.6. The molecule has 0 aliphatic heterocycles. The third-order valence-electron chi connectivity index (χ3n) is 2.26. The van der Waals surface area contributed by atoms with Crippen LogP contribution in [0.25, 0.3) is 11.1 Å². The van der Waals surface area contributed by atoms with Gasteiger partial charge in [0.05, 0.1) is 0 Å². The SMILES string of the molecule is Cl.Cl.NCc1ccc(-c2ccncc2)c(F)c1. The number of pyridine rings is 1. The molecule has 0 unspecified atom stereocenters. The van der Waals surface area contributed by atoms with E-state index in [-0.39, 0.29) is 30.6 Å². The van der Waals surface area contributed by atoms with Crippen molar-refractivity contribution in [2.75, 3.05) is 0 Å². The van der Waals surface area contributed by atoms with Gasteiger partial charge in [-0.05, 0) is 29.3 Å². The molecule has 0 radical (unpaired) electrons. The first kappa shape index (κ1) is 15.8. The highest BCUT2D eigenvalue weighted by Gasteiger charge is 2.04. The molecule has 1 aromatic heterocycles. The van der Waals surface area contributed by atoms with E-state index in [4.69, 9.17) is 5.73 Å². The van der Waals surface area contributed by atoms with Crippen molar-refractivity contribution in [1.82, 2.24) is 4.98 Å². The zero-order chi connectivity index (χ0) is 10.7. The average Bonchev–Trinajstić information content (AvgIpc) is 2.30. The number of halogens is 3. The van der Waals surface area contributed by atoms with Crippen molar-refractivity contribution < 1.29 is 4.39 Å². The lowest BCUT2D eigenvalue weighted by atomic mass is 10.0. The molecule has 2 N–H and O–H groups in total. The third kappa shape index (κ3) is 3.66. The summed E-state index contributed by atoms with van der Waals surface area (Å²) < 4.78 is 13.6. The lowest BCUT2D eigenvalue weighted by Crippen LogP contribution is -1.97. The van der Waals surface area contributed by atoms with Crippen LogP contribution in [0.5, 0.6) is 0 Å². The van der Waals surface area contributed by atoms with E-state index in [0.717, 1.165) is 11.1 Å². The fraction of sp³-hybridized carbons (Fsp3) is 0.0833. The Labute approximate surface area is 112 Å². The molecule has 0 fully saturated rings. The van der Waals surface area contributed by atoms with Gasteiger partial charge in [0.2, 0.25) is 0 Å². The smallest absolute Gasteiger partial charge is 0.131 e.